The predicted molar refractivity (Wildman–Crippen MR) is 63.2 cm³/mol. The topological polar surface area (TPSA) is 71.2 Å². The van der Waals surface area contributed by atoms with Gasteiger partial charge in [-0.1, -0.05) is 0 Å². The zero-order valence-corrected chi connectivity index (χ0v) is 9.36. The van der Waals surface area contributed by atoms with E-state index in [4.69, 9.17) is 5.73 Å². The third-order valence-corrected chi connectivity index (χ3v) is 2.72. The van der Waals surface area contributed by atoms with Gasteiger partial charge < -0.3 is 16.0 Å². The van der Waals surface area contributed by atoms with Crippen molar-refractivity contribution in [1.82, 2.24) is 10.3 Å². The van der Waals surface area contributed by atoms with E-state index in [-0.39, 0.29) is 5.91 Å². The lowest BCUT2D eigenvalue weighted by Gasteiger charge is -2.20. The van der Waals surface area contributed by atoms with Crippen molar-refractivity contribution in [3.8, 4) is 0 Å². The SMILES string of the molecule is Cc1cnc(N2CCCNC(=O)C2)cc1N. The van der Waals surface area contributed by atoms with Crippen molar-refractivity contribution in [3.05, 3.63) is 17.8 Å². The van der Waals surface area contributed by atoms with Crippen LogP contribution in [0.4, 0.5) is 11.5 Å². The summed E-state index contributed by atoms with van der Waals surface area (Å²) in [5.41, 5.74) is 7.51. The maximum Gasteiger partial charge on any atom is 0.239 e. The molecule has 0 aromatic carbocycles. The number of carbonyl (C=O) groups excluding carboxylic acids is 1. The van der Waals surface area contributed by atoms with Crippen LogP contribution in [0.3, 0.4) is 0 Å². The summed E-state index contributed by atoms with van der Waals surface area (Å²) < 4.78 is 0. The highest BCUT2D eigenvalue weighted by molar-refractivity contribution is 5.81. The van der Waals surface area contributed by atoms with Crippen LogP contribution in [0.5, 0.6) is 0 Å². The van der Waals surface area contributed by atoms with Gasteiger partial charge in [-0.15, -0.1) is 0 Å². The standard InChI is InChI=1S/C11H16N4O/c1-8-6-14-10(5-9(8)12)15-4-2-3-13-11(16)7-15/h5-6H,2-4,7H2,1H3,(H2,12,14)(H,13,16). The second-order valence-corrected chi connectivity index (χ2v) is 4.02. The van der Waals surface area contributed by atoms with Crippen molar-refractivity contribution >= 4 is 17.4 Å². The first-order valence-electron chi connectivity index (χ1n) is 5.40. The zero-order valence-electron chi connectivity index (χ0n) is 9.36. The molecule has 0 aliphatic carbocycles. The molecule has 1 fully saturated rings. The lowest BCUT2D eigenvalue weighted by molar-refractivity contribution is -0.119. The molecule has 1 aromatic rings. The number of anilines is 2. The van der Waals surface area contributed by atoms with E-state index in [9.17, 15) is 4.79 Å². The monoisotopic (exact) mass is 220 g/mol. The minimum Gasteiger partial charge on any atom is -0.398 e. The minimum absolute atomic E-state index is 0.0402. The van der Waals surface area contributed by atoms with E-state index < -0.39 is 0 Å². The molecule has 0 saturated carbocycles. The summed E-state index contributed by atoms with van der Waals surface area (Å²) in [6, 6.07) is 1.83. The molecule has 16 heavy (non-hydrogen) atoms. The second-order valence-electron chi connectivity index (χ2n) is 4.02. The van der Waals surface area contributed by atoms with Gasteiger partial charge in [0.15, 0.2) is 0 Å². The van der Waals surface area contributed by atoms with Crippen LogP contribution in [0.15, 0.2) is 12.3 Å². The highest BCUT2D eigenvalue weighted by Crippen LogP contribution is 2.18. The fraction of sp³-hybridized carbons (Fsp3) is 0.455. The Morgan fingerprint density at radius 3 is 3.12 bits per heavy atom. The summed E-state index contributed by atoms with van der Waals surface area (Å²) in [5.74, 6) is 0.818. The van der Waals surface area contributed by atoms with E-state index in [1.807, 2.05) is 17.9 Å². The predicted octanol–water partition coefficient (Wildman–Crippen LogP) is 0.299. The molecule has 1 aliphatic rings. The van der Waals surface area contributed by atoms with Gasteiger partial charge in [0, 0.05) is 31.0 Å². The molecule has 0 atom stereocenters. The van der Waals surface area contributed by atoms with Crippen LogP contribution in [0.25, 0.3) is 0 Å². The summed E-state index contributed by atoms with van der Waals surface area (Å²) in [6.45, 7) is 3.83. The molecule has 1 amide bonds. The van der Waals surface area contributed by atoms with Crippen LogP contribution in [0.1, 0.15) is 12.0 Å². The number of rotatable bonds is 1. The fourth-order valence-electron chi connectivity index (χ4n) is 1.70. The highest BCUT2D eigenvalue weighted by Gasteiger charge is 2.16. The summed E-state index contributed by atoms with van der Waals surface area (Å²) in [7, 11) is 0. The van der Waals surface area contributed by atoms with Gasteiger partial charge in [0.1, 0.15) is 5.82 Å². The van der Waals surface area contributed by atoms with Gasteiger partial charge in [-0.3, -0.25) is 4.79 Å². The first-order valence-corrected chi connectivity index (χ1v) is 5.40. The Hall–Kier alpha value is -1.78. The van der Waals surface area contributed by atoms with E-state index in [0.29, 0.717) is 6.54 Å². The molecule has 1 saturated heterocycles. The fourth-order valence-corrected chi connectivity index (χ4v) is 1.70. The molecule has 0 spiro atoms. The second kappa shape index (κ2) is 4.38. The van der Waals surface area contributed by atoms with Crippen molar-refractivity contribution in [2.24, 2.45) is 0 Å². The maximum atomic E-state index is 11.4. The largest absolute Gasteiger partial charge is 0.398 e. The maximum absolute atomic E-state index is 11.4. The van der Waals surface area contributed by atoms with Crippen LogP contribution >= 0.6 is 0 Å². The van der Waals surface area contributed by atoms with Crippen molar-refractivity contribution in [3.63, 3.8) is 0 Å². The van der Waals surface area contributed by atoms with Gasteiger partial charge >= 0.3 is 0 Å². The van der Waals surface area contributed by atoms with Gasteiger partial charge in [0.25, 0.3) is 0 Å². The lowest BCUT2D eigenvalue weighted by Crippen LogP contribution is -2.33. The van der Waals surface area contributed by atoms with Gasteiger partial charge in [-0.25, -0.2) is 4.98 Å². The molecule has 1 aliphatic heterocycles. The number of hydrogen-bond donors (Lipinski definition) is 2. The number of amides is 1. The van der Waals surface area contributed by atoms with Gasteiger partial charge in [-0.05, 0) is 18.9 Å². The number of nitrogens with two attached hydrogens (primary N) is 1. The lowest BCUT2D eigenvalue weighted by atomic mass is 10.2. The summed E-state index contributed by atoms with van der Waals surface area (Å²) in [4.78, 5) is 17.7. The Balaban J connectivity index is 2.21. The quantitative estimate of drug-likeness (QED) is 0.714. The van der Waals surface area contributed by atoms with Crippen molar-refractivity contribution in [2.75, 3.05) is 30.3 Å². The van der Waals surface area contributed by atoms with E-state index in [1.54, 1.807) is 6.20 Å². The molecular formula is C11H16N4O. The Bertz CT molecular complexity index is 405. The number of aryl methyl sites for hydroxylation is 1. The van der Waals surface area contributed by atoms with Gasteiger partial charge in [-0.2, -0.15) is 0 Å². The summed E-state index contributed by atoms with van der Waals surface area (Å²) in [5, 5.41) is 2.83. The van der Waals surface area contributed by atoms with Crippen LogP contribution in [0.2, 0.25) is 0 Å². The molecule has 0 unspecified atom stereocenters. The Labute approximate surface area is 94.6 Å². The number of aromatic nitrogens is 1. The smallest absolute Gasteiger partial charge is 0.239 e. The summed E-state index contributed by atoms with van der Waals surface area (Å²) in [6.07, 6.45) is 2.68. The van der Waals surface area contributed by atoms with Crippen molar-refractivity contribution < 1.29 is 4.79 Å². The Morgan fingerprint density at radius 1 is 1.56 bits per heavy atom. The number of hydrogen-bond acceptors (Lipinski definition) is 4. The Kier molecular flexibility index (Phi) is 2.94. The number of nitrogens with zero attached hydrogens (tertiary/aromatic N) is 2. The average molecular weight is 220 g/mol. The molecule has 2 heterocycles. The zero-order chi connectivity index (χ0) is 11.5. The summed E-state index contributed by atoms with van der Waals surface area (Å²) >= 11 is 0. The molecule has 5 heteroatoms. The molecular weight excluding hydrogens is 204 g/mol. The van der Waals surface area contributed by atoms with Crippen LogP contribution in [-0.4, -0.2) is 30.5 Å². The Morgan fingerprint density at radius 2 is 2.38 bits per heavy atom. The number of pyridine rings is 1. The molecule has 3 N–H and O–H groups in total. The minimum atomic E-state index is 0.0402. The number of nitrogens with one attached hydrogen (secondary N) is 1. The first-order chi connectivity index (χ1) is 7.66. The third kappa shape index (κ3) is 2.24. The van der Waals surface area contributed by atoms with E-state index >= 15 is 0 Å². The molecule has 0 bridgehead atoms. The molecule has 5 nitrogen and oxygen atoms in total. The molecule has 1 aromatic heterocycles. The first kappa shape index (κ1) is 10.7. The third-order valence-electron chi connectivity index (χ3n) is 2.72. The number of nitrogen functional groups attached to an aromatic ring is 1. The van der Waals surface area contributed by atoms with Gasteiger partial charge in [0.2, 0.25) is 5.91 Å². The van der Waals surface area contributed by atoms with E-state index in [0.717, 1.165) is 36.6 Å². The normalized spacial score (nSPS) is 16.8. The molecule has 2 rings (SSSR count). The van der Waals surface area contributed by atoms with Crippen LogP contribution in [0, 0.1) is 6.92 Å². The number of carbonyl (C=O) groups is 1. The van der Waals surface area contributed by atoms with E-state index in [1.165, 1.54) is 0 Å². The average Bonchev–Trinajstić information content (AvgIpc) is 2.47. The van der Waals surface area contributed by atoms with E-state index in [2.05, 4.69) is 10.3 Å². The highest BCUT2D eigenvalue weighted by atomic mass is 16.2. The molecule has 0 radical (unpaired) electrons. The van der Waals surface area contributed by atoms with Crippen molar-refractivity contribution in [2.45, 2.75) is 13.3 Å². The van der Waals surface area contributed by atoms with Gasteiger partial charge in [0.05, 0.1) is 6.54 Å². The molecule has 86 valence electrons. The van der Waals surface area contributed by atoms with Crippen LogP contribution < -0.4 is 16.0 Å². The van der Waals surface area contributed by atoms with Crippen molar-refractivity contribution in [1.29, 1.82) is 0 Å². The van der Waals surface area contributed by atoms with Crippen LogP contribution in [-0.2, 0) is 4.79 Å².